The number of benzene rings is 1. The Morgan fingerprint density at radius 1 is 1.39 bits per heavy atom. The Bertz CT molecular complexity index is 443. The maximum Gasteiger partial charge on any atom is 0.253 e. The van der Waals surface area contributed by atoms with E-state index in [-0.39, 0.29) is 12.5 Å². The van der Waals surface area contributed by atoms with E-state index in [1.54, 1.807) is 12.0 Å². The van der Waals surface area contributed by atoms with Crippen LogP contribution in [-0.4, -0.2) is 32.8 Å². The van der Waals surface area contributed by atoms with Crippen LogP contribution in [0.1, 0.15) is 25.3 Å². The third-order valence-corrected chi connectivity index (χ3v) is 3.13. The van der Waals surface area contributed by atoms with Crippen LogP contribution in [0.3, 0.4) is 0 Å². The molecule has 1 amide bonds. The third-order valence-electron chi connectivity index (χ3n) is 3.13. The van der Waals surface area contributed by atoms with Gasteiger partial charge in [-0.1, -0.05) is 13.8 Å². The van der Waals surface area contributed by atoms with Crippen LogP contribution in [0.15, 0.2) is 18.2 Å². The molecule has 18 heavy (non-hydrogen) atoms. The molecule has 1 aliphatic heterocycles. The van der Waals surface area contributed by atoms with E-state index in [0.29, 0.717) is 19.1 Å². The van der Waals surface area contributed by atoms with Gasteiger partial charge < -0.3 is 14.4 Å². The first-order chi connectivity index (χ1) is 8.63. The summed E-state index contributed by atoms with van der Waals surface area (Å²) in [4.78, 5) is 13.6. The van der Waals surface area contributed by atoms with E-state index in [4.69, 9.17) is 9.47 Å². The molecule has 1 aliphatic rings. The Labute approximate surface area is 107 Å². The van der Waals surface area contributed by atoms with Crippen molar-refractivity contribution in [3.05, 3.63) is 23.8 Å². The van der Waals surface area contributed by atoms with Crippen molar-refractivity contribution in [3.8, 4) is 5.75 Å². The van der Waals surface area contributed by atoms with Crippen LogP contribution < -0.4 is 9.64 Å². The first-order valence-corrected chi connectivity index (χ1v) is 6.19. The fourth-order valence-electron chi connectivity index (χ4n) is 2.13. The van der Waals surface area contributed by atoms with E-state index < -0.39 is 0 Å². The normalized spacial score (nSPS) is 16.2. The molecule has 0 atom stereocenters. The fourth-order valence-corrected chi connectivity index (χ4v) is 2.13. The van der Waals surface area contributed by atoms with Gasteiger partial charge in [0.1, 0.15) is 12.4 Å². The number of methoxy groups -OCH3 is 1. The van der Waals surface area contributed by atoms with Crippen molar-refractivity contribution in [2.24, 2.45) is 0 Å². The Morgan fingerprint density at radius 2 is 2.17 bits per heavy atom. The predicted octanol–water partition coefficient (Wildman–Crippen LogP) is 2.18. The minimum Gasteiger partial charge on any atom is -0.496 e. The average molecular weight is 249 g/mol. The number of carbonyl (C=O) groups excluding carboxylic acids is 1. The van der Waals surface area contributed by atoms with Crippen molar-refractivity contribution in [2.75, 3.05) is 31.8 Å². The van der Waals surface area contributed by atoms with E-state index in [0.717, 1.165) is 17.0 Å². The first kappa shape index (κ1) is 12.9. The molecule has 1 heterocycles. The maximum atomic E-state index is 11.8. The molecule has 0 aromatic heterocycles. The minimum absolute atomic E-state index is 0.0149. The molecule has 1 saturated heterocycles. The van der Waals surface area contributed by atoms with Crippen LogP contribution >= 0.6 is 0 Å². The van der Waals surface area contributed by atoms with Gasteiger partial charge in [-0.05, 0) is 29.7 Å². The lowest BCUT2D eigenvalue weighted by Gasteiger charge is -2.28. The van der Waals surface area contributed by atoms with Gasteiger partial charge in [-0.3, -0.25) is 4.79 Å². The number of anilines is 1. The summed E-state index contributed by atoms with van der Waals surface area (Å²) >= 11 is 0. The summed E-state index contributed by atoms with van der Waals surface area (Å²) in [7, 11) is 1.67. The lowest BCUT2D eigenvalue weighted by molar-refractivity contribution is -0.125. The van der Waals surface area contributed by atoms with E-state index >= 15 is 0 Å². The molecule has 1 aromatic carbocycles. The standard InChI is InChI=1S/C14H19NO3/c1-10(2)12-8-11(4-5-13(12)17-3)15-6-7-18-9-14(15)16/h4-5,8,10H,6-7,9H2,1-3H3. The molecule has 0 aliphatic carbocycles. The SMILES string of the molecule is COc1ccc(N2CCOCC2=O)cc1C(C)C. The van der Waals surface area contributed by atoms with Gasteiger partial charge in [0.05, 0.1) is 13.7 Å². The highest BCUT2D eigenvalue weighted by molar-refractivity contribution is 5.95. The number of nitrogens with zero attached hydrogens (tertiary/aromatic N) is 1. The van der Waals surface area contributed by atoms with Gasteiger partial charge >= 0.3 is 0 Å². The highest BCUT2D eigenvalue weighted by atomic mass is 16.5. The van der Waals surface area contributed by atoms with Crippen LogP contribution in [0.5, 0.6) is 5.75 Å². The zero-order valence-corrected chi connectivity index (χ0v) is 11.1. The van der Waals surface area contributed by atoms with Gasteiger partial charge in [0, 0.05) is 12.2 Å². The second-order valence-electron chi connectivity index (χ2n) is 4.68. The number of hydrogen-bond acceptors (Lipinski definition) is 3. The second kappa shape index (κ2) is 5.40. The Hall–Kier alpha value is -1.55. The van der Waals surface area contributed by atoms with Gasteiger partial charge in [-0.25, -0.2) is 0 Å². The molecule has 0 radical (unpaired) electrons. The predicted molar refractivity (Wildman–Crippen MR) is 70.3 cm³/mol. The van der Waals surface area contributed by atoms with Gasteiger partial charge in [-0.15, -0.1) is 0 Å². The Morgan fingerprint density at radius 3 is 2.78 bits per heavy atom. The average Bonchev–Trinajstić information content (AvgIpc) is 2.38. The largest absolute Gasteiger partial charge is 0.496 e. The van der Waals surface area contributed by atoms with Crippen LogP contribution in [0.25, 0.3) is 0 Å². The molecule has 1 aromatic rings. The van der Waals surface area contributed by atoms with Gasteiger partial charge in [0.15, 0.2) is 0 Å². The van der Waals surface area contributed by atoms with Crippen molar-refractivity contribution in [1.29, 1.82) is 0 Å². The summed E-state index contributed by atoms with van der Waals surface area (Å²) in [5.74, 6) is 1.24. The lowest BCUT2D eigenvalue weighted by Crippen LogP contribution is -2.41. The van der Waals surface area contributed by atoms with Crippen LogP contribution in [0.4, 0.5) is 5.69 Å². The van der Waals surface area contributed by atoms with E-state index in [1.807, 2.05) is 18.2 Å². The molecule has 0 bridgehead atoms. The molecule has 4 heteroatoms. The zero-order valence-electron chi connectivity index (χ0n) is 11.1. The Kier molecular flexibility index (Phi) is 3.87. The third kappa shape index (κ3) is 2.48. The lowest BCUT2D eigenvalue weighted by atomic mass is 10.0. The van der Waals surface area contributed by atoms with Crippen molar-refractivity contribution in [3.63, 3.8) is 0 Å². The quantitative estimate of drug-likeness (QED) is 0.824. The first-order valence-electron chi connectivity index (χ1n) is 6.19. The topological polar surface area (TPSA) is 38.8 Å². The summed E-state index contributed by atoms with van der Waals surface area (Å²) < 4.78 is 10.5. The summed E-state index contributed by atoms with van der Waals surface area (Å²) in [5, 5.41) is 0. The number of hydrogen-bond donors (Lipinski definition) is 0. The van der Waals surface area contributed by atoms with Gasteiger partial charge in [0.25, 0.3) is 5.91 Å². The minimum atomic E-state index is 0.0149. The van der Waals surface area contributed by atoms with E-state index in [9.17, 15) is 4.79 Å². The number of rotatable bonds is 3. The van der Waals surface area contributed by atoms with Crippen molar-refractivity contribution >= 4 is 11.6 Å². The second-order valence-corrected chi connectivity index (χ2v) is 4.68. The van der Waals surface area contributed by atoms with Gasteiger partial charge in [-0.2, -0.15) is 0 Å². The number of carbonyl (C=O) groups is 1. The molecule has 1 fully saturated rings. The molecule has 98 valence electrons. The fraction of sp³-hybridized carbons (Fsp3) is 0.500. The summed E-state index contributed by atoms with van der Waals surface area (Å²) in [6.07, 6.45) is 0. The van der Waals surface area contributed by atoms with E-state index in [2.05, 4.69) is 13.8 Å². The highest BCUT2D eigenvalue weighted by Gasteiger charge is 2.21. The number of ether oxygens (including phenoxy) is 2. The molecular formula is C14H19NO3. The van der Waals surface area contributed by atoms with Crippen LogP contribution in [0, 0.1) is 0 Å². The number of morpholine rings is 1. The van der Waals surface area contributed by atoms with Crippen LogP contribution in [-0.2, 0) is 9.53 Å². The van der Waals surface area contributed by atoms with Gasteiger partial charge in [0.2, 0.25) is 0 Å². The smallest absolute Gasteiger partial charge is 0.253 e. The monoisotopic (exact) mass is 249 g/mol. The molecule has 2 rings (SSSR count). The van der Waals surface area contributed by atoms with Crippen molar-refractivity contribution in [1.82, 2.24) is 0 Å². The maximum absolute atomic E-state index is 11.8. The van der Waals surface area contributed by atoms with Crippen molar-refractivity contribution < 1.29 is 14.3 Å². The molecule has 4 nitrogen and oxygen atoms in total. The van der Waals surface area contributed by atoms with Crippen LogP contribution in [0.2, 0.25) is 0 Å². The summed E-state index contributed by atoms with van der Waals surface area (Å²) in [5.41, 5.74) is 2.04. The molecule has 0 saturated carbocycles. The van der Waals surface area contributed by atoms with Crippen molar-refractivity contribution in [2.45, 2.75) is 19.8 Å². The highest BCUT2D eigenvalue weighted by Crippen LogP contribution is 2.31. The molecule has 0 unspecified atom stereocenters. The molecular weight excluding hydrogens is 230 g/mol. The zero-order chi connectivity index (χ0) is 13.1. The van der Waals surface area contributed by atoms with E-state index in [1.165, 1.54) is 0 Å². The number of amides is 1. The summed E-state index contributed by atoms with van der Waals surface area (Å²) in [6.45, 7) is 5.60. The molecule has 0 N–H and O–H groups in total. The Balaban J connectivity index is 2.33. The summed E-state index contributed by atoms with van der Waals surface area (Å²) in [6, 6.07) is 5.88. The molecule has 0 spiro atoms.